The van der Waals surface area contributed by atoms with Crippen LogP contribution in [-0.4, -0.2) is 93.2 Å². The number of ether oxygens (including phenoxy) is 1. The van der Waals surface area contributed by atoms with Crippen molar-refractivity contribution in [3.8, 4) is 5.69 Å². The lowest BCUT2D eigenvalue weighted by atomic mass is 9.90. The zero-order chi connectivity index (χ0) is 36.4. The monoisotopic (exact) mass is 714 g/mol. The lowest BCUT2D eigenvalue weighted by Crippen LogP contribution is -2.45. The lowest BCUT2D eigenvalue weighted by Gasteiger charge is -2.38. The summed E-state index contributed by atoms with van der Waals surface area (Å²) in [4.78, 5) is 46.9. The molecule has 3 aromatic carbocycles. The second-order valence-corrected chi connectivity index (χ2v) is 14.2. The number of likely N-dealkylation sites (N-methyl/N-ethyl adjacent to an activating group) is 1. The molecule has 4 aromatic rings. The van der Waals surface area contributed by atoms with Crippen LogP contribution in [0.5, 0.6) is 0 Å². The number of carbonyl (C=O) groups excluding carboxylic acids is 3. The van der Waals surface area contributed by atoms with Crippen molar-refractivity contribution in [1.82, 2.24) is 30.0 Å². The predicted molar refractivity (Wildman–Crippen MR) is 192 cm³/mol. The van der Waals surface area contributed by atoms with Crippen molar-refractivity contribution in [3.05, 3.63) is 100 Å². The van der Waals surface area contributed by atoms with Crippen LogP contribution in [-0.2, 0) is 20.7 Å². The fourth-order valence-electron chi connectivity index (χ4n) is 6.52. The third kappa shape index (κ3) is 7.79. The number of hydrogen-bond donors (Lipinski definition) is 1. The van der Waals surface area contributed by atoms with Crippen LogP contribution in [0.1, 0.15) is 60.3 Å². The number of tetrazole rings is 1. The van der Waals surface area contributed by atoms with Crippen LogP contribution in [0.4, 0.5) is 15.8 Å². The van der Waals surface area contributed by atoms with Gasteiger partial charge in [-0.25, -0.2) is 9.18 Å². The summed E-state index contributed by atoms with van der Waals surface area (Å²) < 4.78 is 22.1. The molecule has 2 aliphatic rings. The Hall–Kier alpha value is -5.14. The van der Waals surface area contributed by atoms with Gasteiger partial charge < -0.3 is 24.8 Å². The molecule has 2 atom stereocenters. The number of nitrogens with zero attached hydrogens (tertiary/aromatic N) is 7. The highest BCUT2D eigenvalue weighted by Crippen LogP contribution is 2.38. The summed E-state index contributed by atoms with van der Waals surface area (Å²) in [5, 5.41) is 13.9. The van der Waals surface area contributed by atoms with E-state index >= 15 is 4.39 Å². The molecule has 3 heterocycles. The number of halogens is 2. The molecule has 2 amide bonds. The van der Waals surface area contributed by atoms with Crippen molar-refractivity contribution >= 4 is 46.8 Å². The molecule has 0 aliphatic carbocycles. The average molecular weight is 715 g/mol. The summed E-state index contributed by atoms with van der Waals surface area (Å²) in [5.74, 6) is -2.15. The van der Waals surface area contributed by atoms with Gasteiger partial charge in [0.2, 0.25) is 5.91 Å². The summed E-state index contributed by atoms with van der Waals surface area (Å²) in [6.45, 7) is 7.34. The molecule has 6 rings (SSSR count). The molecule has 1 saturated heterocycles. The molecule has 1 aromatic heterocycles. The first-order chi connectivity index (χ1) is 24.3. The molecule has 51 heavy (non-hydrogen) atoms. The first kappa shape index (κ1) is 35.7. The Balaban J connectivity index is 1.33. The third-order valence-electron chi connectivity index (χ3n) is 9.05. The smallest absolute Gasteiger partial charge is 0.338 e. The van der Waals surface area contributed by atoms with Crippen molar-refractivity contribution in [2.45, 2.75) is 51.3 Å². The molecular weight excluding hydrogens is 675 g/mol. The minimum absolute atomic E-state index is 0.0124. The van der Waals surface area contributed by atoms with E-state index in [1.807, 2.05) is 12.1 Å². The van der Waals surface area contributed by atoms with Crippen LogP contribution in [0.15, 0.2) is 67.0 Å². The Kier molecular flexibility index (Phi) is 10.2. The van der Waals surface area contributed by atoms with Crippen LogP contribution in [0.25, 0.3) is 11.8 Å². The molecule has 266 valence electrons. The number of aromatic nitrogens is 4. The zero-order valence-electron chi connectivity index (χ0n) is 29.1. The standard InChI is InChI=1S/C37H40ClFN8O4/c1-37(2,3)51-36(50)23-9-11-24(12-10-23)41-35(49)34-27-7-6-8-30(45-19-17-25(21-45)44(4)5)26(27)18-20-46(34)32(48)16-13-28-31(47-22-40-42-43-47)15-14-29(38)33(28)39/h6-16,22,25,34H,17-21H2,1-5H3,(H,41,49)/t25-,34-/m0/s1. The summed E-state index contributed by atoms with van der Waals surface area (Å²) in [5.41, 5.74) is 3.19. The molecule has 0 bridgehead atoms. The Morgan fingerprint density at radius 3 is 2.47 bits per heavy atom. The highest BCUT2D eigenvalue weighted by molar-refractivity contribution is 6.31. The maximum absolute atomic E-state index is 15.3. The Morgan fingerprint density at radius 2 is 1.80 bits per heavy atom. The summed E-state index contributed by atoms with van der Waals surface area (Å²) in [6, 6.07) is 14.6. The number of rotatable bonds is 8. The van der Waals surface area contributed by atoms with Crippen molar-refractivity contribution in [3.63, 3.8) is 0 Å². The van der Waals surface area contributed by atoms with E-state index in [-0.39, 0.29) is 22.8 Å². The van der Waals surface area contributed by atoms with Gasteiger partial charge in [-0.1, -0.05) is 23.7 Å². The maximum atomic E-state index is 15.3. The van der Waals surface area contributed by atoms with E-state index in [9.17, 15) is 14.4 Å². The summed E-state index contributed by atoms with van der Waals surface area (Å²) >= 11 is 6.11. The van der Waals surface area contributed by atoms with Gasteiger partial charge in [0.25, 0.3) is 5.91 Å². The van der Waals surface area contributed by atoms with Crippen molar-refractivity contribution < 1.29 is 23.5 Å². The quantitative estimate of drug-likeness (QED) is 0.191. The van der Waals surface area contributed by atoms with Gasteiger partial charge in [-0.15, -0.1) is 5.10 Å². The van der Waals surface area contributed by atoms with E-state index in [4.69, 9.17) is 16.3 Å². The van der Waals surface area contributed by atoms with E-state index < -0.39 is 35.2 Å². The molecule has 1 fully saturated rings. The molecule has 0 spiro atoms. The Labute approximate surface area is 300 Å². The third-order valence-corrected chi connectivity index (χ3v) is 9.34. The number of esters is 1. The summed E-state index contributed by atoms with van der Waals surface area (Å²) in [6.07, 6.45) is 5.40. The largest absolute Gasteiger partial charge is 0.456 e. The predicted octanol–water partition coefficient (Wildman–Crippen LogP) is 5.33. The van der Waals surface area contributed by atoms with E-state index in [1.54, 1.807) is 51.1 Å². The van der Waals surface area contributed by atoms with Gasteiger partial charge in [-0.2, -0.15) is 4.68 Å². The number of fused-ring (bicyclic) bond motifs is 1. The van der Waals surface area contributed by atoms with Gasteiger partial charge in [0.05, 0.1) is 16.3 Å². The van der Waals surface area contributed by atoms with Gasteiger partial charge >= 0.3 is 5.97 Å². The molecule has 0 unspecified atom stereocenters. The highest BCUT2D eigenvalue weighted by Gasteiger charge is 2.38. The van der Waals surface area contributed by atoms with Gasteiger partial charge in [-0.05, 0) is 118 Å². The second kappa shape index (κ2) is 14.6. The van der Waals surface area contributed by atoms with Crippen LogP contribution in [0, 0.1) is 5.82 Å². The Morgan fingerprint density at radius 1 is 1.04 bits per heavy atom. The average Bonchev–Trinajstić information content (AvgIpc) is 3.81. The number of nitrogens with one attached hydrogen (secondary N) is 1. The summed E-state index contributed by atoms with van der Waals surface area (Å²) in [7, 11) is 4.15. The van der Waals surface area contributed by atoms with Crippen LogP contribution in [0.3, 0.4) is 0 Å². The topological polar surface area (TPSA) is 126 Å². The van der Waals surface area contributed by atoms with Gasteiger partial charge in [0.15, 0.2) is 5.82 Å². The molecule has 2 aliphatic heterocycles. The van der Waals surface area contributed by atoms with E-state index in [0.29, 0.717) is 29.3 Å². The lowest BCUT2D eigenvalue weighted by molar-refractivity contribution is -0.135. The SMILES string of the molecule is CN(C)[C@H]1CCN(c2cccc3c2CCN(C(=O)C=Cc2c(-n4cnnn4)ccc(Cl)c2F)[C@@H]3C(=O)Nc2ccc(C(=O)OC(C)(C)C)cc2)C1. The number of amides is 2. The van der Waals surface area contributed by atoms with Gasteiger partial charge in [0, 0.05) is 48.7 Å². The minimum atomic E-state index is -1.01. The molecule has 14 heteroatoms. The Bertz CT molecular complexity index is 1960. The highest BCUT2D eigenvalue weighted by atomic mass is 35.5. The van der Waals surface area contributed by atoms with E-state index in [1.165, 1.54) is 34.1 Å². The number of hydrogen-bond acceptors (Lipinski definition) is 9. The van der Waals surface area contributed by atoms with Gasteiger partial charge in [0.1, 0.15) is 18.0 Å². The van der Waals surface area contributed by atoms with Crippen molar-refractivity contribution in [2.24, 2.45) is 0 Å². The molecular formula is C37H40ClFN8O4. The van der Waals surface area contributed by atoms with E-state index in [2.05, 4.69) is 50.8 Å². The van der Waals surface area contributed by atoms with Gasteiger partial charge in [-0.3, -0.25) is 9.59 Å². The van der Waals surface area contributed by atoms with Crippen LogP contribution < -0.4 is 10.2 Å². The normalized spacial score (nSPS) is 17.6. The maximum Gasteiger partial charge on any atom is 0.338 e. The number of carbonyl (C=O) groups is 3. The number of benzene rings is 3. The fraction of sp³-hybridized carbons (Fsp3) is 0.351. The zero-order valence-corrected chi connectivity index (χ0v) is 29.9. The molecule has 12 nitrogen and oxygen atoms in total. The number of anilines is 2. The van der Waals surface area contributed by atoms with Crippen molar-refractivity contribution in [2.75, 3.05) is 43.9 Å². The fourth-order valence-corrected chi connectivity index (χ4v) is 6.69. The second-order valence-electron chi connectivity index (χ2n) is 13.8. The van der Waals surface area contributed by atoms with Crippen molar-refractivity contribution in [1.29, 1.82) is 0 Å². The van der Waals surface area contributed by atoms with E-state index in [0.717, 1.165) is 30.8 Å². The first-order valence-electron chi connectivity index (χ1n) is 16.7. The molecule has 1 N–H and O–H groups in total. The van der Waals surface area contributed by atoms with Crippen LogP contribution in [0.2, 0.25) is 5.02 Å². The molecule has 0 radical (unpaired) electrons. The first-order valence-corrected chi connectivity index (χ1v) is 17.1. The van der Waals surface area contributed by atoms with Crippen LogP contribution >= 0.6 is 11.6 Å². The molecule has 0 saturated carbocycles. The minimum Gasteiger partial charge on any atom is -0.456 e.